The van der Waals surface area contributed by atoms with E-state index in [0.717, 1.165) is 44.6 Å². The number of hydrogen-bond donors (Lipinski definition) is 0. The molecule has 1 saturated heterocycles. The summed E-state index contributed by atoms with van der Waals surface area (Å²) in [6.45, 7) is 10.2. The largest absolute Gasteiger partial charge is 0.336 e. The van der Waals surface area contributed by atoms with Gasteiger partial charge in [-0.3, -0.25) is 9.69 Å². The van der Waals surface area contributed by atoms with Crippen LogP contribution in [0.3, 0.4) is 0 Å². The summed E-state index contributed by atoms with van der Waals surface area (Å²) in [5, 5.41) is 0. The highest BCUT2D eigenvalue weighted by Gasteiger charge is 2.23. The van der Waals surface area contributed by atoms with Crippen molar-refractivity contribution in [3.05, 3.63) is 35.4 Å². The Labute approximate surface area is 122 Å². The van der Waals surface area contributed by atoms with Crippen molar-refractivity contribution in [2.45, 2.75) is 39.7 Å². The molecule has 3 nitrogen and oxygen atoms in total. The van der Waals surface area contributed by atoms with Gasteiger partial charge < -0.3 is 4.90 Å². The lowest BCUT2D eigenvalue weighted by Crippen LogP contribution is -2.50. The Morgan fingerprint density at radius 2 is 1.70 bits per heavy atom. The molecule has 20 heavy (non-hydrogen) atoms. The van der Waals surface area contributed by atoms with Gasteiger partial charge in [-0.1, -0.05) is 25.5 Å². The lowest BCUT2D eigenvalue weighted by Gasteiger charge is -2.37. The highest BCUT2D eigenvalue weighted by atomic mass is 16.2. The van der Waals surface area contributed by atoms with Crippen LogP contribution in [0, 0.1) is 0 Å². The van der Waals surface area contributed by atoms with Crippen LogP contribution in [0.4, 0.5) is 0 Å². The zero-order chi connectivity index (χ0) is 14.5. The second-order valence-electron chi connectivity index (χ2n) is 5.87. The Bertz CT molecular complexity index is 431. The molecule has 1 aliphatic heterocycles. The van der Waals surface area contributed by atoms with E-state index in [4.69, 9.17) is 0 Å². The van der Waals surface area contributed by atoms with E-state index in [1.54, 1.807) is 0 Å². The summed E-state index contributed by atoms with van der Waals surface area (Å²) in [5.41, 5.74) is 2.14. The Morgan fingerprint density at radius 3 is 2.20 bits per heavy atom. The fraction of sp³-hybridized carbons (Fsp3) is 0.588. The van der Waals surface area contributed by atoms with E-state index < -0.39 is 0 Å². The molecule has 0 spiro atoms. The highest BCUT2D eigenvalue weighted by Crippen LogP contribution is 2.12. The quantitative estimate of drug-likeness (QED) is 0.843. The molecule has 0 radical (unpaired) electrons. The van der Waals surface area contributed by atoms with Crippen LogP contribution in [0.5, 0.6) is 0 Å². The van der Waals surface area contributed by atoms with E-state index in [2.05, 4.69) is 37.8 Å². The molecule has 1 amide bonds. The number of nitrogens with zero attached hydrogens (tertiary/aromatic N) is 2. The molecule has 2 rings (SSSR count). The first-order valence-electron chi connectivity index (χ1n) is 7.74. The molecule has 1 fully saturated rings. The van der Waals surface area contributed by atoms with E-state index in [9.17, 15) is 4.79 Å². The van der Waals surface area contributed by atoms with Crippen LogP contribution in [0.1, 0.15) is 43.1 Å². The molecular formula is C17H26N2O. The molecule has 0 bridgehead atoms. The molecule has 0 N–H and O–H groups in total. The molecule has 1 aromatic rings. The maximum atomic E-state index is 12.5. The Balaban J connectivity index is 1.94. The van der Waals surface area contributed by atoms with Gasteiger partial charge in [0.25, 0.3) is 5.91 Å². The molecule has 1 heterocycles. The molecule has 0 aliphatic carbocycles. The first kappa shape index (κ1) is 15.0. The van der Waals surface area contributed by atoms with Crippen molar-refractivity contribution in [1.82, 2.24) is 9.80 Å². The minimum absolute atomic E-state index is 0.177. The molecule has 0 atom stereocenters. The van der Waals surface area contributed by atoms with Gasteiger partial charge in [0.05, 0.1) is 0 Å². The Hall–Kier alpha value is -1.35. The summed E-state index contributed by atoms with van der Waals surface area (Å²) in [7, 11) is 0. The minimum atomic E-state index is 0.177. The fourth-order valence-corrected chi connectivity index (χ4v) is 2.73. The molecule has 0 saturated carbocycles. The van der Waals surface area contributed by atoms with Gasteiger partial charge in [0.15, 0.2) is 0 Å². The number of piperazine rings is 1. The summed E-state index contributed by atoms with van der Waals surface area (Å²) in [4.78, 5) is 16.9. The summed E-state index contributed by atoms with van der Waals surface area (Å²) in [5.74, 6) is 0.177. The molecular weight excluding hydrogens is 248 g/mol. The number of carbonyl (C=O) groups is 1. The predicted octanol–water partition coefficient (Wildman–Crippen LogP) is 2.81. The van der Waals surface area contributed by atoms with Gasteiger partial charge in [0.2, 0.25) is 0 Å². The third-order valence-electron chi connectivity index (χ3n) is 4.07. The van der Waals surface area contributed by atoms with Crippen LogP contribution in [-0.4, -0.2) is 47.9 Å². The van der Waals surface area contributed by atoms with Crippen LogP contribution >= 0.6 is 0 Å². The topological polar surface area (TPSA) is 23.6 Å². The van der Waals surface area contributed by atoms with Crippen molar-refractivity contribution in [1.29, 1.82) is 0 Å². The van der Waals surface area contributed by atoms with E-state index in [0.29, 0.717) is 6.04 Å². The summed E-state index contributed by atoms with van der Waals surface area (Å²) in [6.07, 6.45) is 2.23. The second-order valence-corrected chi connectivity index (χ2v) is 5.87. The van der Waals surface area contributed by atoms with E-state index >= 15 is 0 Å². The third kappa shape index (κ3) is 3.60. The van der Waals surface area contributed by atoms with Crippen LogP contribution < -0.4 is 0 Å². The van der Waals surface area contributed by atoms with Gasteiger partial charge in [0.1, 0.15) is 0 Å². The Morgan fingerprint density at radius 1 is 1.10 bits per heavy atom. The minimum Gasteiger partial charge on any atom is -0.336 e. The van der Waals surface area contributed by atoms with Crippen molar-refractivity contribution in [3.63, 3.8) is 0 Å². The van der Waals surface area contributed by atoms with Gasteiger partial charge in [-0.25, -0.2) is 0 Å². The van der Waals surface area contributed by atoms with E-state index in [-0.39, 0.29) is 5.91 Å². The van der Waals surface area contributed by atoms with Crippen molar-refractivity contribution >= 4 is 5.91 Å². The number of amides is 1. The Kier molecular flexibility index (Phi) is 5.18. The van der Waals surface area contributed by atoms with Crippen LogP contribution in [0.25, 0.3) is 0 Å². The number of carbonyl (C=O) groups excluding carboxylic acids is 1. The number of aryl methyl sites for hydroxylation is 1. The molecule has 110 valence electrons. The number of rotatable bonds is 4. The van der Waals surface area contributed by atoms with Crippen molar-refractivity contribution in [2.75, 3.05) is 26.2 Å². The summed E-state index contributed by atoms with van der Waals surface area (Å²) >= 11 is 0. The van der Waals surface area contributed by atoms with E-state index in [1.165, 1.54) is 5.56 Å². The first-order valence-corrected chi connectivity index (χ1v) is 7.74. The summed E-state index contributed by atoms with van der Waals surface area (Å²) in [6, 6.07) is 8.69. The maximum absolute atomic E-state index is 12.5. The van der Waals surface area contributed by atoms with E-state index in [1.807, 2.05) is 17.0 Å². The lowest BCUT2D eigenvalue weighted by atomic mass is 10.1. The standard InChI is InChI=1S/C17H26N2O/c1-4-5-15-6-8-16(9-7-15)17(20)19-12-10-18(11-13-19)14(2)3/h6-9,14H,4-5,10-13H2,1-3H3. The monoisotopic (exact) mass is 274 g/mol. The van der Waals surface area contributed by atoms with Gasteiger partial charge in [0, 0.05) is 37.8 Å². The maximum Gasteiger partial charge on any atom is 0.253 e. The number of benzene rings is 1. The van der Waals surface area contributed by atoms with Gasteiger partial charge in [-0.05, 0) is 38.0 Å². The molecule has 0 aromatic heterocycles. The molecule has 1 aromatic carbocycles. The normalized spacial score (nSPS) is 16.7. The van der Waals surface area contributed by atoms with Crippen LogP contribution in [0.15, 0.2) is 24.3 Å². The number of hydrogen-bond acceptors (Lipinski definition) is 2. The van der Waals surface area contributed by atoms with Gasteiger partial charge >= 0.3 is 0 Å². The van der Waals surface area contributed by atoms with Crippen molar-refractivity contribution in [2.24, 2.45) is 0 Å². The highest BCUT2D eigenvalue weighted by molar-refractivity contribution is 5.94. The second kappa shape index (κ2) is 6.89. The van der Waals surface area contributed by atoms with Crippen LogP contribution in [0.2, 0.25) is 0 Å². The van der Waals surface area contributed by atoms with Gasteiger partial charge in [-0.2, -0.15) is 0 Å². The molecule has 0 unspecified atom stereocenters. The van der Waals surface area contributed by atoms with Crippen LogP contribution in [-0.2, 0) is 6.42 Å². The van der Waals surface area contributed by atoms with Crippen molar-refractivity contribution in [3.8, 4) is 0 Å². The average molecular weight is 274 g/mol. The lowest BCUT2D eigenvalue weighted by molar-refractivity contribution is 0.0595. The molecule has 1 aliphatic rings. The zero-order valence-corrected chi connectivity index (χ0v) is 12.9. The molecule has 3 heteroatoms. The third-order valence-corrected chi connectivity index (χ3v) is 4.07. The predicted molar refractivity (Wildman–Crippen MR) is 83.0 cm³/mol. The van der Waals surface area contributed by atoms with Crippen molar-refractivity contribution < 1.29 is 4.79 Å². The smallest absolute Gasteiger partial charge is 0.253 e. The summed E-state index contributed by atoms with van der Waals surface area (Å²) < 4.78 is 0. The SMILES string of the molecule is CCCc1ccc(C(=O)N2CCN(C(C)C)CC2)cc1. The average Bonchev–Trinajstić information content (AvgIpc) is 2.48. The fourth-order valence-electron chi connectivity index (χ4n) is 2.73. The zero-order valence-electron chi connectivity index (χ0n) is 12.9. The first-order chi connectivity index (χ1) is 9.61. The van der Waals surface area contributed by atoms with Gasteiger partial charge in [-0.15, -0.1) is 0 Å².